The van der Waals surface area contributed by atoms with Crippen molar-refractivity contribution in [2.75, 3.05) is 13.7 Å². The third-order valence-electron chi connectivity index (χ3n) is 6.43. The summed E-state index contributed by atoms with van der Waals surface area (Å²) in [6.07, 6.45) is 0.0604. The number of benzene rings is 2. The minimum absolute atomic E-state index is 0.0422. The fourth-order valence-electron chi connectivity index (χ4n) is 4.23. The van der Waals surface area contributed by atoms with E-state index in [1.165, 1.54) is 19.2 Å². The molecule has 0 aliphatic carbocycles. The van der Waals surface area contributed by atoms with Gasteiger partial charge >= 0.3 is 6.09 Å². The second kappa shape index (κ2) is 17.8. The molecule has 0 heterocycles. The normalized spacial score (nSPS) is 13.3. The number of nitro groups is 1. The van der Waals surface area contributed by atoms with E-state index in [-0.39, 0.29) is 36.9 Å². The Morgan fingerprint density at radius 1 is 0.957 bits per heavy atom. The Balaban J connectivity index is 2.27. The van der Waals surface area contributed by atoms with Crippen molar-refractivity contribution in [2.24, 2.45) is 10.8 Å². The number of carbonyl (C=O) groups is 3. The van der Waals surface area contributed by atoms with Gasteiger partial charge in [-0.2, -0.15) is 0 Å². The average molecular weight is 642 g/mol. The van der Waals surface area contributed by atoms with E-state index in [0.29, 0.717) is 18.4 Å². The zero-order valence-corrected chi connectivity index (χ0v) is 26.4. The first kappa shape index (κ1) is 36.8. The number of alkyl carbamates (subject to hydrolysis) is 1. The van der Waals surface area contributed by atoms with Crippen LogP contribution in [0.3, 0.4) is 0 Å². The maximum atomic E-state index is 13.7. The van der Waals surface area contributed by atoms with Gasteiger partial charge in [0.1, 0.15) is 34.3 Å². The molecule has 0 radical (unpaired) electrons. The van der Waals surface area contributed by atoms with Crippen LogP contribution in [0, 0.1) is 10.1 Å². The molecule has 0 aromatic heterocycles. The van der Waals surface area contributed by atoms with E-state index >= 15 is 0 Å². The summed E-state index contributed by atoms with van der Waals surface area (Å²) in [5.74, 6) is -1.24. The summed E-state index contributed by atoms with van der Waals surface area (Å²) in [5, 5.41) is 33.1. The van der Waals surface area contributed by atoms with Gasteiger partial charge in [0.25, 0.3) is 5.96 Å². The molecule has 250 valence electrons. The van der Waals surface area contributed by atoms with Gasteiger partial charge in [0.05, 0.1) is 13.2 Å². The molecule has 3 amide bonds. The second-order valence-corrected chi connectivity index (χ2v) is 11.3. The van der Waals surface area contributed by atoms with Crippen LogP contribution in [0.4, 0.5) is 4.79 Å². The number of nitrogens with zero attached hydrogens (tertiary/aromatic N) is 2. The number of nitrogens with two attached hydrogens (primary N) is 1. The van der Waals surface area contributed by atoms with Crippen LogP contribution in [-0.4, -0.2) is 71.4 Å². The van der Waals surface area contributed by atoms with Crippen molar-refractivity contribution in [2.45, 2.75) is 70.2 Å². The molecule has 0 aliphatic heterocycles. The number of phenols is 1. The molecule has 15 nitrogen and oxygen atoms in total. The molecule has 15 heteroatoms. The first-order valence-corrected chi connectivity index (χ1v) is 14.5. The van der Waals surface area contributed by atoms with E-state index in [1.807, 2.05) is 18.2 Å². The van der Waals surface area contributed by atoms with E-state index in [1.54, 1.807) is 45.0 Å². The molecule has 2 aromatic carbocycles. The molecule has 0 bridgehead atoms. The van der Waals surface area contributed by atoms with Gasteiger partial charge in [0, 0.05) is 19.4 Å². The van der Waals surface area contributed by atoms with Crippen LogP contribution in [0.5, 0.6) is 5.75 Å². The lowest BCUT2D eigenvalue weighted by Crippen LogP contribution is -2.56. The standard InChI is InChI=1S/C31H43N7O8/c1-20(45-5)24(12-9-17-33-29(32)37-38(43)44)34-27(40)25(18-21-10-7-6-8-11-21)35-28(41)26(36-30(42)46-31(2,3)4)19-22-13-15-23(39)16-14-22/h6-8,10-11,13-16,24-26,39H,1,9,12,17-19H2,2-5H3,(H,34,40)(H,35,41)(H,36,42)(H3,32,33,37)/t24-,25+,26-/m0/s1. The number of hydrogen-bond acceptors (Lipinski definition) is 8. The first-order valence-electron chi connectivity index (χ1n) is 14.5. The third-order valence-corrected chi connectivity index (χ3v) is 6.43. The minimum Gasteiger partial charge on any atom is -0.508 e. The van der Waals surface area contributed by atoms with Gasteiger partial charge in [0.15, 0.2) is 5.03 Å². The van der Waals surface area contributed by atoms with Gasteiger partial charge in [-0.3, -0.25) is 9.59 Å². The molecule has 0 unspecified atom stereocenters. The van der Waals surface area contributed by atoms with Gasteiger partial charge in [-0.25, -0.2) is 14.9 Å². The number of carbonyl (C=O) groups excluding carboxylic acids is 3. The van der Waals surface area contributed by atoms with Crippen LogP contribution in [-0.2, 0) is 31.9 Å². The van der Waals surface area contributed by atoms with Gasteiger partial charge in [-0.15, -0.1) is 0 Å². The van der Waals surface area contributed by atoms with Crippen LogP contribution in [0.25, 0.3) is 0 Å². The Morgan fingerprint density at radius 3 is 2.04 bits per heavy atom. The highest BCUT2D eigenvalue weighted by molar-refractivity contribution is 5.92. The molecule has 0 saturated carbocycles. The molecule has 0 spiro atoms. The van der Waals surface area contributed by atoms with Gasteiger partial charge in [-0.05, 0) is 56.9 Å². The molecule has 2 aromatic rings. The maximum absolute atomic E-state index is 13.7. The Labute approximate surface area is 267 Å². The van der Waals surface area contributed by atoms with Crippen LogP contribution in [0.2, 0.25) is 0 Å². The van der Waals surface area contributed by atoms with Crippen LogP contribution in [0.1, 0.15) is 44.7 Å². The number of rotatable bonds is 16. The minimum atomic E-state index is -1.13. The monoisotopic (exact) mass is 641 g/mol. The van der Waals surface area contributed by atoms with E-state index < -0.39 is 46.7 Å². The summed E-state index contributed by atoms with van der Waals surface area (Å²) in [4.78, 5) is 50.6. The van der Waals surface area contributed by atoms with Crippen molar-refractivity contribution in [3.63, 3.8) is 0 Å². The highest BCUT2D eigenvalue weighted by atomic mass is 16.7. The molecule has 0 aliphatic rings. The van der Waals surface area contributed by atoms with E-state index in [9.17, 15) is 29.6 Å². The lowest BCUT2D eigenvalue weighted by Gasteiger charge is -2.27. The number of aromatic hydroxyl groups is 1. The summed E-state index contributed by atoms with van der Waals surface area (Å²) < 4.78 is 10.7. The predicted molar refractivity (Wildman–Crippen MR) is 171 cm³/mol. The number of phenolic OH excluding ortho intramolecular Hbond substituents is 1. The Hall–Kier alpha value is -5.34. The number of nitrogens with one attached hydrogen (secondary N) is 4. The lowest BCUT2D eigenvalue weighted by atomic mass is 10.0. The molecule has 2 rings (SSSR count). The molecule has 46 heavy (non-hydrogen) atoms. The number of hydrazone groups is 1. The summed E-state index contributed by atoms with van der Waals surface area (Å²) in [6.45, 7) is 9.16. The maximum Gasteiger partial charge on any atom is 0.408 e. The highest BCUT2D eigenvalue weighted by Crippen LogP contribution is 2.14. The van der Waals surface area contributed by atoms with Crippen molar-refractivity contribution >= 4 is 23.9 Å². The predicted octanol–water partition coefficient (Wildman–Crippen LogP) is 2.08. The van der Waals surface area contributed by atoms with E-state index in [4.69, 9.17) is 15.2 Å². The second-order valence-electron chi connectivity index (χ2n) is 11.3. The first-order chi connectivity index (χ1) is 21.7. The van der Waals surface area contributed by atoms with Crippen LogP contribution < -0.4 is 27.0 Å². The topological polar surface area (TPSA) is 220 Å². The van der Waals surface area contributed by atoms with Crippen LogP contribution >= 0.6 is 0 Å². The molecular formula is C31H43N7O8. The Bertz CT molecular complexity index is 1360. The molecule has 0 fully saturated rings. The smallest absolute Gasteiger partial charge is 0.408 e. The fraction of sp³-hybridized carbons (Fsp3) is 0.419. The number of ether oxygens (including phenoxy) is 2. The zero-order chi connectivity index (χ0) is 34.3. The summed E-state index contributed by atoms with van der Waals surface area (Å²) in [5.41, 5.74) is 6.05. The number of methoxy groups -OCH3 is 1. The highest BCUT2D eigenvalue weighted by Gasteiger charge is 2.30. The Morgan fingerprint density at radius 2 is 1.50 bits per heavy atom. The average Bonchev–Trinajstić information content (AvgIpc) is 2.97. The SMILES string of the molecule is C=C(OC)[C@H](CCCN/C(N)=N/[N+](=O)[O-])NC(=O)[C@@H](Cc1ccccc1)NC(=O)[C@H](Cc1ccc(O)cc1)NC(=O)OC(C)(C)C. The van der Waals surface area contributed by atoms with Gasteiger partial charge in [-0.1, -0.05) is 49.0 Å². The summed E-state index contributed by atoms with van der Waals surface area (Å²) in [6, 6.07) is 12.3. The fourth-order valence-corrected chi connectivity index (χ4v) is 4.23. The summed E-state index contributed by atoms with van der Waals surface area (Å²) >= 11 is 0. The van der Waals surface area contributed by atoms with Crippen molar-refractivity contribution in [3.8, 4) is 5.75 Å². The lowest BCUT2D eigenvalue weighted by molar-refractivity contribution is -0.485. The molecular weight excluding hydrogens is 598 g/mol. The molecule has 3 atom stereocenters. The largest absolute Gasteiger partial charge is 0.508 e. The Kier molecular flexibility index (Phi) is 14.3. The van der Waals surface area contributed by atoms with Crippen LogP contribution in [0.15, 0.2) is 72.0 Å². The van der Waals surface area contributed by atoms with Crippen molar-refractivity contribution in [1.82, 2.24) is 21.3 Å². The quantitative estimate of drug-likeness (QED) is 0.0391. The van der Waals surface area contributed by atoms with Crippen molar-refractivity contribution in [3.05, 3.63) is 88.2 Å². The third kappa shape index (κ3) is 14.0. The molecule has 0 saturated heterocycles. The number of hydrogen-bond donors (Lipinski definition) is 6. The van der Waals surface area contributed by atoms with Gasteiger partial charge < -0.3 is 41.6 Å². The van der Waals surface area contributed by atoms with E-state index in [0.717, 1.165) is 5.56 Å². The molecule has 7 N–H and O–H groups in total. The van der Waals surface area contributed by atoms with Crippen molar-refractivity contribution < 1.29 is 34.0 Å². The zero-order valence-electron chi connectivity index (χ0n) is 26.4. The van der Waals surface area contributed by atoms with Gasteiger partial charge in [0.2, 0.25) is 11.8 Å². The van der Waals surface area contributed by atoms with E-state index in [2.05, 4.69) is 32.9 Å². The van der Waals surface area contributed by atoms with Crippen molar-refractivity contribution in [1.29, 1.82) is 0 Å². The number of guanidine groups is 1. The summed E-state index contributed by atoms with van der Waals surface area (Å²) in [7, 11) is 1.40. The number of amides is 3.